The van der Waals surface area contributed by atoms with Gasteiger partial charge in [-0.1, -0.05) is 68.7 Å². The molecule has 0 nitrogen and oxygen atoms in total. The number of allylic oxidation sites excluding steroid dienone is 4. The molecule has 0 N–H and O–H groups in total. The van der Waals surface area contributed by atoms with Crippen LogP contribution in [0.3, 0.4) is 0 Å². The summed E-state index contributed by atoms with van der Waals surface area (Å²) < 4.78 is 0. The molecule has 0 heterocycles. The summed E-state index contributed by atoms with van der Waals surface area (Å²) in [4.78, 5) is 0. The minimum absolute atomic E-state index is 0.668. The van der Waals surface area contributed by atoms with Crippen LogP contribution in [0, 0.1) is 5.92 Å². The molecule has 18 heavy (non-hydrogen) atoms. The van der Waals surface area contributed by atoms with Crippen molar-refractivity contribution in [3.8, 4) is 0 Å². The van der Waals surface area contributed by atoms with E-state index >= 15 is 0 Å². The Hall–Kier alpha value is -0.490. The number of hydrogen-bond acceptors (Lipinski definition) is 0. The van der Waals surface area contributed by atoms with Crippen molar-refractivity contribution in [2.24, 2.45) is 5.92 Å². The van der Waals surface area contributed by atoms with Gasteiger partial charge in [-0.05, 0) is 44.9 Å². The fourth-order valence-electron chi connectivity index (χ4n) is 2.19. The third-order valence-electron chi connectivity index (χ3n) is 3.36. The Balaban J connectivity index is 4.34. The summed E-state index contributed by atoms with van der Waals surface area (Å²) in [6.45, 7) is 14.6. The second-order valence-electron chi connectivity index (χ2n) is 5.17. The van der Waals surface area contributed by atoms with Gasteiger partial charge in [-0.15, -0.1) is 0 Å². The Kier molecular flexibility index (Phi) is 10.2. The van der Waals surface area contributed by atoms with Crippen molar-refractivity contribution in [2.45, 2.75) is 65.7 Å². The molecule has 1 unspecified atom stereocenters. The van der Waals surface area contributed by atoms with E-state index in [9.17, 15) is 0 Å². The van der Waals surface area contributed by atoms with Crippen LogP contribution in [-0.4, -0.2) is 0 Å². The molecule has 1 atom stereocenters. The van der Waals surface area contributed by atoms with Crippen LogP contribution in [0.4, 0.5) is 0 Å². The van der Waals surface area contributed by atoms with Crippen LogP contribution in [0.2, 0.25) is 0 Å². The monoisotopic (exact) mass is 268 g/mol. The lowest BCUT2D eigenvalue weighted by molar-refractivity contribution is 0.517. The van der Waals surface area contributed by atoms with Gasteiger partial charge in [0.15, 0.2) is 0 Å². The van der Waals surface area contributed by atoms with Crippen molar-refractivity contribution in [3.05, 3.63) is 35.4 Å². The Morgan fingerprint density at radius 1 is 1.22 bits per heavy atom. The molecule has 0 aromatic carbocycles. The first-order valence-corrected chi connectivity index (χ1v) is 7.55. The normalized spacial score (nSPS) is 13.4. The van der Waals surface area contributed by atoms with Gasteiger partial charge in [0.2, 0.25) is 0 Å². The molecule has 104 valence electrons. The summed E-state index contributed by atoms with van der Waals surface area (Å²) in [5.74, 6) is 0.668. The maximum absolute atomic E-state index is 5.81. The lowest BCUT2D eigenvalue weighted by atomic mass is 9.87. The van der Waals surface area contributed by atoms with Gasteiger partial charge in [-0.2, -0.15) is 0 Å². The van der Waals surface area contributed by atoms with E-state index < -0.39 is 0 Å². The zero-order valence-electron chi connectivity index (χ0n) is 12.4. The molecule has 0 aromatic rings. The molecule has 0 radical (unpaired) electrons. The van der Waals surface area contributed by atoms with Crippen molar-refractivity contribution >= 4 is 11.6 Å². The smallest absolute Gasteiger partial charge is 0.0112 e. The van der Waals surface area contributed by atoms with Crippen LogP contribution in [0.5, 0.6) is 0 Å². The summed E-state index contributed by atoms with van der Waals surface area (Å²) in [6.07, 6.45) is 10.3. The van der Waals surface area contributed by atoms with Gasteiger partial charge >= 0.3 is 0 Å². The highest BCUT2D eigenvalue weighted by molar-refractivity contribution is 6.29. The van der Waals surface area contributed by atoms with E-state index in [4.69, 9.17) is 11.6 Å². The maximum Gasteiger partial charge on any atom is 0.0112 e. The summed E-state index contributed by atoms with van der Waals surface area (Å²) in [5, 5.41) is 0.738. The van der Waals surface area contributed by atoms with Gasteiger partial charge < -0.3 is 0 Å². The van der Waals surface area contributed by atoms with Crippen LogP contribution >= 0.6 is 11.6 Å². The zero-order chi connectivity index (χ0) is 14.0. The van der Waals surface area contributed by atoms with Gasteiger partial charge in [0.1, 0.15) is 0 Å². The largest absolute Gasteiger partial charge is 0.0998 e. The van der Waals surface area contributed by atoms with Crippen molar-refractivity contribution < 1.29 is 0 Å². The third kappa shape index (κ3) is 8.58. The van der Waals surface area contributed by atoms with E-state index in [0.29, 0.717) is 5.92 Å². The number of hydrogen-bond donors (Lipinski definition) is 0. The minimum atomic E-state index is 0.668. The molecule has 0 aliphatic carbocycles. The lowest BCUT2D eigenvalue weighted by Crippen LogP contribution is -2.04. The summed E-state index contributed by atoms with van der Waals surface area (Å²) in [5.41, 5.74) is 2.83. The van der Waals surface area contributed by atoms with Crippen LogP contribution < -0.4 is 0 Å². The molecule has 1 heteroatoms. The van der Waals surface area contributed by atoms with Crippen LogP contribution in [0.15, 0.2) is 35.4 Å². The summed E-state index contributed by atoms with van der Waals surface area (Å²) in [6, 6.07) is 0. The van der Waals surface area contributed by atoms with Gasteiger partial charge in [0.05, 0.1) is 0 Å². The van der Waals surface area contributed by atoms with Gasteiger partial charge in [0, 0.05) is 5.03 Å². The van der Waals surface area contributed by atoms with Crippen molar-refractivity contribution in [3.63, 3.8) is 0 Å². The highest BCUT2D eigenvalue weighted by atomic mass is 35.5. The molecular formula is C17H29Cl. The second-order valence-corrected chi connectivity index (χ2v) is 5.70. The quantitative estimate of drug-likeness (QED) is 0.390. The summed E-state index contributed by atoms with van der Waals surface area (Å²) in [7, 11) is 0. The zero-order valence-corrected chi connectivity index (χ0v) is 13.2. The Labute approximate surface area is 119 Å². The van der Waals surface area contributed by atoms with E-state index in [2.05, 4.69) is 40.0 Å². The van der Waals surface area contributed by atoms with Crippen LogP contribution in [0.1, 0.15) is 65.7 Å². The Morgan fingerprint density at radius 2 is 1.89 bits per heavy atom. The van der Waals surface area contributed by atoms with E-state index in [1.54, 1.807) is 0 Å². The average molecular weight is 269 g/mol. The molecule has 0 aliphatic heterocycles. The number of rotatable bonds is 10. The van der Waals surface area contributed by atoms with Gasteiger partial charge in [-0.3, -0.25) is 0 Å². The lowest BCUT2D eigenvalue weighted by Gasteiger charge is -2.19. The topological polar surface area (TPSA) is 0 Å². The summed E-state index contributed by atoms with van der Waals surface area (Å²) >= 11 is 5.81. The first-order valence-electron chi connectivity index (χ1n) is 7.17. The molecule has 0 rings (SSSR count). The first kappa shape index (κ1) is 17.5. The molecule has 0 aliphatic rings. The predicted molar refractivity (Wildman–Crippen MR) is 85.0 cm³/mol. The third-order valence-corrected chi connectivity index (χ3v) is 3.55. The van der Waals surface area contributed by atoms with Crippen LogP contribution in [-0.2, 0) is 0 Å². The molecule has 0 bridgehead atoms. The van der Waals surface area contributed by atoms with Crippen molar-refractivity contribution in [1.82, 2.24) is 0 Å². The Morgan fingerprint density at radius 3 is 2.39 bits per heavy atom. The van der Waals surface area contributed by atoms with Gasteiger partial charge in [-0.25, -0.2) is 0 Å². The molecule has 0 saturated carbocycles. The van der Waals surface area contributed by atoms with Crippen molar-refractivity contribution in [2.75, 3.05) is 0 Å². The van der Waals surface area contributed by atoms with Crippen LogP contribution in [0.25, 0.3) is 0 Å². The molecule has 0 fully saturated rings. The van der Waals surface area contributed by atoms with Crippen molar-refractivity contribution in [1.29, 1.82) is 0 Å². The average Bonchev–Trinajstić information content (AvgIpc) is 2.32. The molecular weight excluding hydrogens is 240 g/mol. The molecule has 0 saturated heterocycles. The SMILES string of the molecule is C=C(Cl)CCC(=C)CC(CCCC)/C(C)=C/CC. The second kappa shape index (κ2) is 10.4. The number of halogens is 1. The highest BCUT2D eigenvalue weighted by Crippen LogP contribution is 2.27. The molecule has 0 amide bonds. The van der Waals surface area contributed by atoms with E-state index in [-0.39, 0.29) is 0 Å². The standard InChI is InChI=1S/C17H29Cl/c1-6-8-10-17(15(4)9-7-2)13-14(3)11-12-16(5)18/h9,17H,3,5-8,10-13H2,1-2,4H3/b15-9+. The minimum Gasteiger partial charge on any atom is -0.0998 e. The van der Waals surface area contributed by atoms with E-state index in [1.807, 2.05) is 0 Å². The highest BCUT2D eigenvalue weighted by Gasteiger charge is 2.11. The number of unbranched alkanes of at least 4 members (excludes halogenated alkanes) is 1. The molecule has 0 aromatic heterocycles. The maximum atomic E-state index is 5.81. The van der Waals surface area contributed by atoms with Gasteiger partial charge in [0.25, 0.3) is 0 Å². The van der Waals surface area contributed by atoms with E-state index in [1.165, 1.54) is 30.4 Å². The fourth-order valence-corrected chi connectivity index (χ4v) is 2.29. The fraction of sp³-hybridized carbons (Fsp3) is 0.647. The Bertz CT molecular complexity index is 286. The molecule has 0 spiro atoms. The van der Waals surface area contributed by atoms with E-state index in [0.717, 1.165) is 30.7 Å². The predicted octanol–water partition coefficient (Wildman–Crippen LogP) is 6.63. The first-order chi connectivity index (χ1) is 8.51.